The Hall–Kier alpha value is -2.17. The first-order valence-corrected chi connectivity index (χ1v) is 18.7. The summed E-state index contributed by atoms with van der Waals surface area (Å²) in [6.07, 6.45) is 7.24. The Balaban J connectivity index is 1.26. The van der Waals surface area contributed by atoms with Gasteiger partial charge in [0.1, 0.15) is 22.8 Å². The second-order valence-corrected chi connectivity index (χ2v) is 16.0. The summed E-state index contributed by atoms with van der Waals surface area (Å²) in [6.45, 7) is 8.92. The number of nitrogens with one attached hydrogen (secondary N) is 1. The number of ether oxygens (including phenoxy) is 3. The standard InChI is InChI=1S/C36H49ClN2O6S/c1-4-6-23(2)24(3)46(42)38-35(41)27-10-13-33-32(16-27)39(18-28-9-8-25(28)17-34-43-19-30(40)20-44-34)21-36(22-45-33)14-5-7-26-15-29(37)11-12-31(26)36/h10-13,15-16,23-25,28,30,34,40H,4-9,14,17-22H2,1-3H3,(H,38,41)/t23?,24?,25?,28?,30?,34?,36-,46?/m0/s1. The fourth-order valence-corrected chi connectivity index (χ4v) is 9.03. The summed E-state index contributed by atoms with van der Waals surface area (Å²) < 4.78 is 34.1. The van der Waals surface area contributed by atoms with E-state index in [0.29, 0.717) is 37.2 Å². The molecule has 0 bridgehead atoms. The number of aryl methyl sites for hydroxylation is 1. The Bertz CT molecular complexity index is 1420. The van der Waals surface area contributed by atoms with Crippen LogP contribution in [0.4, 0.5) is 5.69 Å². The number of aliphatic hydroxyl groups is 1. The van der Waals surface area contributed by atoms with E-state index < -0.39 is 17.1 Å². The van der Waals surface area contributed by atoms with Crippen LogP contribution in [0.25, 0.3) is 0 Å². The maximum atomic E-state index is 13.5. The third-order valence-corrected chi connectivity index (χ3v) is 12.6. The Morgan fingerprint density at radius 1 is 1.15 bits per heavy atom. The molecule has 10 heteroatoms. The van der Waals surface area contributed by atoms with Crippen molar-refractivity contribution >= 4 is 34.2 Å². The van der Waals surface area contributed by atoms with Crippen LogP contribution >= 0.6 is 11.6 Å². The average molecular weight is 673 g/mol. The lowest BCUT2D eigenvalue weighted by Gasteiger charge is -2.45. The number of benzene rings is 2. The van der Waals surface area contributed by atoms with E-state index in [2.05, 4.69) is 35.6 Å². The minimum atomic E-state index is -1.48. The molecule has 6 rings (SSSR count). The highest BCUT2D eigenvalue weighted by Crippen LogP contribution is 2.47. The van der Waals surface area contributed by atoms with Crippen molar-refractivity contribution in [3.8, 4) is 5.75 Å². The van der Waals surface area contributed by atoms with Gasteiger partial charge < -0.3 is 24.2 Å². The highest BCUT2D eigenvalue weighted by molar-refractivity contribution is 7.84. The predicted octanol–water partition coefficient (Wildman–Crippen LogP) is 6.18. The van der Waals surface area contributed by atoms with Gasteiger partial charge >= 0.3 is 0 Å². The summed E-state index contributed by atoms with van der Waals surface area (Å²) in [5, 5.41) is 10.4. The Morgan fingerprint density at radius 2 is 1.93 bits per heavy atom. The third-order valence-electron chi connectivity index (χ3n) is 10.8. The lowest BCUT2D eigenvalue weighted by atomic mass is 9.69. The quantitative estimate of drug-likeness (QED) is 0.311. The summed E-state index contributed by atoms with van der Waals surface area (Å²) in [6, 6.07) is 11.9. The normalized spacial score (nSPS) is 29.4. The van der Waals surface area contributed by atoms with Crippen LogP contribution in [0.15, 0.2) is 36.4 Å². The van der Waals surface area contributed by atoms with Crippen molar-refractivity contribution in [1.29, 1.82) is 0 Å². The molecule has 252 valence electrons. The molecule has 0 radical (unpaired) electrons. The predicted molar refractivity (Wildman–Crippen MR) is 182 cm³/mol. The number of aliphatic hydroxyl groups excluding tert-OH is 1. The molecular weight excluding hydrogens is 624 g/mol. The van der Waals surface area contributed by atoms with Crippen molar-refractivity contribution in [1.82, 2.24) is 4.72 Å². The van der Waals surface area contributed by atoms with Gasteiger partial charge in [0, 0.05) is 35.5 Å². The van der Waals surface area contributed by atoms with E-state index in [9.17, 15) is 14.1 Å². The second-order valence-electron chi connectivity index (χ2n) is 14.1. The van der Waals surface area contributed by atoms with Gasteiger partial charge in [-0.25, -0.2) is 4.21 Å². The summed E-state index contributed by atoms with van der Waals surface area (Å²) in [5.41, 5.74) is 3.77. The number of hydrogen-bond donors (Lipinski definition) is 2. The van der Waals surface area contributed by atoms with E-state index in [1.165, 1.54) is 11.1 Å². The molecule has 2 fully saturated rings. The van der Waals surface area contributed by atoms with Crippen LogP contribution in [0.2, 0.25) is 5.02 Å². The second kappa shape index (κ2) is 14.5. The molecule has 2 heterocycles. The smallest absolute Gasteiger partial charge is 0.263 e. The van der Waals surface area contributed by atoms with Crippen molar-refractivity contribution in [2.45, 2.75) is 95.2 Å². The molecule has 1 saturated heterocycles. The molecule has 2 aromatic rings. The van der Waals surface area contributed by atoms with Crippen molar-refractivity contribution in [3.63, 3.8) is 0 Å². The van der Waals surface area contributed by atoms with Gasteiger partial charge in [-0.05, 0) is 105 Å². The van der Waals surface area contributed by atoms with E-state index in [1.54, 1.807) is 6.07 Å². The van der Waals surface area contributed by atoms with Crippen LogP contribution in [-0.2, 0) is 32.3 Å². The monoisotopic (exact) mass is 672 g/mol. The SMILES string of the molecule is CCCC(C)C(C)S(=O)NC(=O)c1ccc2c(c1)N(CC1CCC1CC1OCC(O)CO1)C[C@@]1(CCCc3cc(Cl)ccc31)CO2. The first kappa shape index (κ1) is 33.7. The van der Waals surface area contributed by atoms with Crippen LogP contribution in [0.1, 0.15) is 87.2 Å². The van der Waals surface area contributed by atoms with Gasteiger partial charge in [-0.15, -0.1) is 0 Å². The van der Waals surface area contributed by atoms with Crippen LogP contribution in [0.5, 0.6) is 5.75 Å². The molecule has 5 unspecified atom stereocenters. The Morgan fingerprint density at radius 3 is 2.67 bits per heavy atom. The van der Waals surface area contributed by atoms with Gasteiger partial charge in [-0.2, -0.15) is 0 Å². The molecule has 2 aliphatic heterocycles. The summed E-state index contributed by atoms with van der Waals surface area (Å²) >= 11 is 6.44. The van der Waals surface area contributed by atoms with Crippen molar-refractivity contribution in [2.24, 2.45) is 17.8 Å². The van der Waals surface area contributed by atoms with Gasteiger partial charge in [-0.3, -0.25) is 9.52 Å². The zero-order valence-corrected chi connectivity index (χ0v) is 28.9. The minimum Gasteiger partial charge on any atom is -0.490 e. The van der Waals surface area contributed by atoms with Gasteiger partial charge in [0.2, 0.25) is 0 Å². The highest BCUT2D eigenvalue weighted by atomic mass is 35.5. The lowest BCUT2D eigenvalue weighted by molar-refractivity contribution is -0.226. The number of fused-ring (bicyclic) bond motifs is 3. The summed E-state index contributed by atoms with van der Waals surface area (Å²) in [4.78, 5) is 15.9. The fraction of sp³-hybridized carbons (Fsp3) is 0.639. The molecule has 1 saturated carbocycles. The Labute approximate surface area is 281 Å². The zero-order valence-electron chi connectivity index (χ0n) is 27.3. The minimum absolute atomic E-state index is 0.139. The number of halogens is 1. The van der Waals surface area contributed by atoms with Gasteiger partial charge in [-0.1, -0.05) is 37.9 Å². The summed E-state index contributed by atoms with van der Waals surface area (Å²) in [7, 11) is -1.48. The first-order valence-electron chi connectivity index (χ1n) is 17.1. The maximum absolute atomic E-state index is 13.5. The average Bonchev–Trinajstić information content (AvgIpc) is 3.19. The van der Waals surface area contributed by atoms with E-state index in [1.807, 2.05) is 25.1 Å². The number of carbonyl (C=O) groups is 1. The van der Waals surface area contributed by atoms with E-state index in [0.717, 1.165) is 80.9 Å². The fourth-order valence-electron chi connectivity index (χ4n) is 7.79. The Kier molecular flexibility index (Phi) is 10.6. The van der Waals surface area contributed by atoms with E-state index >= 15 is 0 Å². The molecule has 1 amide bonds. The molecule has 8 nitrogen and oxygen atoms in total. The third kappa shape index (κ3) is 7.29. The van der Waals surface area contributed by atoms with Gasteiger partial charge in [0.15, 0.2) is 6.29 Å². The topological polar surface area (TPSA) is 97.3 Å². The first-order chi connectivity index (χ1) is 22.2. The van der Waals surface area contributed by atoms with Crippen molar-refractivity contribution in [2.75, 3.05) is 37.8 Å². The molecule has 46 heavy (non-hydrogen) atoms. The number of nitrogens with zero attached hydrogens (tertiary/aromatic N) is 1. The number of rotatable bonds is 10. The van der Waals surface area contributed by atoms with E-state index in [-0.39, 0.29) is 28.8 Å². The molecule has 2 N–H and O–H groups in total. The number of carbonyl (C=O) groups excluding carboxylic acids is 1. The molecule has 2 aromatic carbocycles. The van der Waals surface area contributed by atoms with Gasteiger partial charge in [0.05, 0.1) is 30.8 Å². The molecule has 6 atom stereocenters. The van der Waals surface area contributed by atoms with E-state index in [4.69, 9.17) is 25.8 Å². The van der Waals surface area contributed by atoms with Crippen LogP contribution in [0.3, 0.4) is 0 Å². The van der Waals surface area contributed by atoms with Crippen LogP contribution in [-0.4, -0.2) is 65.8 Å². The van der Waals surface area contributed by atoms with Gasteiger partial charge in [0.25, 0.3) is 5.91 Å². The van der Waals surface area contributed by atoms with Crippen molar-refractivity contribution in [3.05, 3.63) is 58.1 Å². The molecule has 4 aliphatic rings. The number of hydrogen-bond acceptors (Lipinski definition) is 7. The number of anilines is 1. The summed E-state index contributed by atoms with van der Waals surface area (Å²) in [5.74, 6) is 1.56. The lowest BCUT2D eigenvalue weighted by Crippen LogP contribution is -2.49. The molecular formula is C36H49ClN2O6S. The van der Waals surface area contributed by atoms with Crippen LogP contribution < -0.4 is 14.4 Å². The largest absolute Gasteiger partial charge is 0.490 e. The zero-order chi connectivity index (χ0) is 32.4. The van der Waals surface area contributed by atoms with Crippen molar-refractivity contribution < 1.29 is 28.3 Å². The highest BCUT2D eigenvalue weighted by Gasteiger charge is 2.44. The molecule has 1 spiro atoms. The van der Waals surface area contributed by atoms with Crippen LogP contribution in [0, 0.1) is 17.8 Å². The molecule has 2 aliphatic carbocycles. The number of amides is 1. The molecule has 0 aromatic heterocycles. The maximum Gasteiger partial charge on any atom is 0.263 e.